The van der Waals surface area contributed by atoms with Gasteiger partial charge in [-0.2, -0.15) is 5.10 Å². The summed E-state index contributed by atoms with van der Waals surface area (Å²) in [6.45, 7) is 3.90. The number of fused-ring (bicyclic) bond motifs is 1. The molecule has 0 N–H and O–H groups in total. The second kappa shape index (κ2) is 7.41. The molecule has 0 atom stereocenters. The van der Waals surface area contributed by atoms with Crippen molar-refractivity contribution < 1.29 is 8.42 Å². The molecule has 0 fully saturated rings. The van der Waals surface area contributed by atoms with Crippen LogP contribution in [-0.4, -0.2) is 24.9 Å². The lowest BCUT2D eigenvalue weighted by atomic mass is 9.98. The van der Waals surface area contributed by atoms with Crippen molar-refractivity contribution >= 4 is 20.6 Å². The zero-order valence-corrected chi connectivity index (χ0v) is 17.5. The highest BCUT2D eigenvalue weighted by molar-refractivity contribution is 7.90. The number of sulfone groups is 1. The van der Waals surface area contributed by atoms with Gasteiger partial charge in [0.2, 0.25) is 0 Å². The van der Waals surface area contributed by atoms with Gasteiger partial charge >= 0.3 is 0 Å². The molecule has 0 saturated heterocycles. The van der Waals surface area contributed by atoms with Crippen LogP contribution < -0.4 is 0 Å². The van der Waals surface area contributed by atoms with Crippen LogP contribution in [0, 0.1) is 13.8 Å². The molecule has 146 valence electrons. The third-order valence-corrected chi connectivity index (χ3v) is 6.48. The van der Waals surface area contributed by atoms with Crippen molar-refractivity contribution in [2.45, 2.75) is 25.2 Å². The molecule has 0 unspecified atom stereocenters. The Labute approximate surface area is 171 Å². The van der Waals surface area contributed by atoms with E-state index in [9.17, 15) is 8.42 Å². The van der Waals surface area contributed by atoms with Gasteiger partial charge in [0.15, 0.2) is 9.84 Å². The molecule has 4 nitrogen and oxygen atoms in total. The zero-order valence-electron chi connectivity index (χ0n) is 16.7. The van der Waals surface area contributed by atoms with Gasteiger partial charge in [-0.15, -0.1) is 5.10 Å². The topological polar surface area (TPSA) is 59.9 Å². The molecule has 0 aliphatic rings. The minimum Gasteiger partial charge on any atom is -0.224 e. The Morgan fingerprint density at radius 3 is 2.21 bits per heavy atom. The quantitative estimate of drug-likeness (QED) is 0.487. The van der Waals surface area contributed by atoms with Gasteiger partial charge in [0.25, 0.3) is 0 Å². The summed E-state index contributed by atoms with van der Waals surface area (Å²) in [7, 11) is -3.32. The average Bonchev–Trinajstić information content (AvgIpc) is 2.69. The van der Waals surface area contributed by atoms with Gasteiger partial charge in [0, 0.05) is 29.0 Å². The molecule has 0 aliphatic heterocycles. The van der Waals surface area contributed by atoms with Crippen LogP contribution in [-0.2, 0) is 16.3 Å². The standard InChI is InChI=1S/C24H22N2O2S/c1-16-8-4-5-9-18(16)14-22-20-10-6-7-11-21(20)24(26-25-22)19-13-12-17(2)23(15-19)29(3,27)28/h4-13,15H,14H2,1-3H3. The Balaban J connectivity index is 1.88. The van der Waals surface area contributed by atoms with E-state index in [1.165, 1.54) is 17.4 Å². The number of benzene rings is 3. The lowest BCUT2D eigenvalue weighted by Gasteiger charge is -2.12. The monoisotopic (exact) mass is 402 g/mol. The summed E-state index contributed by atoms with van der Waals surface area (Å²) in [6.07, 6.45) is 1.93. The molecule has 0 radical (unpaired) electrons. The lowest BCUT2D eigenvalue weighted by Crippen LogP contribution is -2.03. The molecule has 4 aromatic rings. The van der Waals surface area contributed by atoms with E-state index in [1.54, 1.807) is 13.0 Å². The molecular formula is C24H22N2O2S. The zero-order chi connectivity index (χ0) is 20.6. The molecule has 0 saturated carbocycles. The van der Waals surface area contributed by atoms with Gasteiger partial charge in [-0.1, -0.05) is 60.7 Å². The van der Waals surface area contributed by atoms with Crippen molar-refractivity contribution in [3.63, 3.8) is 0 Å². The number of nitrogens with zero attached hydrogens (tertiary/aromatic N) is 2. The maximum Gasteiger partial charge on any atom is 0.175 e. The summed E-state index contributed by atoms with van der Waals surface area (Å²) in [5.41, 5.74) is 5.52. The highest BCUT2D eigenvalue weighted by atomic mass is 32.2. The van der Waals surface area contributed by atoms with Gasteiger partial charge in [0.05, 0.1) is 10.6 Å². The van der Waals surface area contributed by atoms with E-state index in [1.807, 2.05) is 48.5 Å². The van der Waals surface area contributed by atoms with E-state index in [-0.39, 0.29) is 0 Å². The Kier molecular flexibility index (Phi) is 4.92. The summed E-state index contributed by atoms with van der Waals surface area (Å²) in [5, 5.41) is 11.0. The van der Waals surface area contributed by atoms with Crippen LogP contribution in [0.25, 0.3) is 22.0 Å². The summed E-state index contributed by atoms with van der Waals surface area (Å²) in [5.74, 6) is 0. The number of aromatic nitrogens is 2. The van der Waals surface area contributed by atoms with Gasteiger partial charge in [-0.05, 0) is 36.6 Å². The maximum absolute atomic E-state index is 12.2. The molecule has 5 heteroatoms. The van der Waals surface area contributed by atoms with Crippen molar-refractivity contribution in [3.8, 4) is 11.3 Å². The second-order valence-electron chi connectivity index (χ2n) is 7.40. The molecule has 3 aromatic carbocycles. The summed E-state index contributed by atoms with van der Waals surface area (Å²) < 4.78 is 24.3. The smallest absolute Gasteiger partial charge is 0.175 e. The molecule has 29 heavy (non-hydrogen) atoms. The fraction of sp³-hybridized carbons (Fsp3) is 0.167. The third-order valence-electron chi connectivity index (χ3n) is 5.24. The third kappa shape index (κ3) is 3.78. The predicted molar refractivity (Wildman–Crippen MR) is 117 cm³/mol. The first-order chi connectivity index (χ1) is 13.8. The Bertz CT molecular complexity index is 1330. The fourth-order valence-electron chi connectivity index (χ4n) is 3.64. The summed E-state index contributed by atoms with van der Waals surface area (Å²) in [6, 6.07) is 21.7. The van der Waals surface area contributed by atoms with Crippen LogP contribution in [0.5, 0.6) is 0 Å². The summed E-state index contributed by atoms with van der Waals surface area (Å²) >= 11 is 0. The lowest BCUT2D eigenvalue weighted by molar-refractivity contribution is 0.601. The second-order valence-corrected chi connectivity index (χ2v) is 9.38. The number of rotatable bonds is 4. The van der Waals surface area contributed by atoms with E-state index in [4.69, 9.17) is 0 Å². The fourth-order valence-corrected chi connectivity index (χ4v) is 4.63. The largest absolute Gasteiger partial charge is 0.224 e. The van der Waals surface area contributed by atoms with Crippen molar-refractivity contribution in [1.29, 1.82) is 0 Å². The van der Waals surface area contributed by atoms with Crippen LogP contribution in [0.1, 0.15) is 22.4 Å². The Morgan fingerprint density at radius 2 is 1.48 bits per heavy atom. The first-order valence-electron chi connectivity index (χ1n) is 9.44. The van der Waals surface area contributed by atoms with E-state index in [0.29, 0.717) is 17.0 Å². The number of hydrogen-bond acceptors (Lipinski definition) is 4. The van der Waals surface area contributed by atoms with Crippen LogP contribution in [0.4, 0.5) is 0 Å². The molecule has 1 heterocycles. The Morgan fingerprint density at radius 1 is 0.793 bits per heavy atom. The Hall–Kier alpha value is -3.05. The van der Waals surface area contributed by atoms with Crippen molar-refractivity contribution in [2.75, 3.05) is 6.26 Å². The number of aryl methyl sites for hydroxylation is 2. The van der Waals surface area contributed by atoms with Crippen LogP contribution in [0.15, 0.2) is 71.6 Å². The molecule has 0 aliphatic carbocycles. The molecule has 0 spiro atoms. The molecular weight excluding hydrogens is 380 g/mol. The van der Waals surface area contributed by atoms with E-state index >= 15 is 0 Å². The first kappa shape index (κ1) is 19.3. The van der Waals surface area contributed by atoms with Gasteiger partial charge in [-0.25, -0.2) is 8.42 Å². The van der Waals surface area contributed by atoms with Crippen LogP contribution in [0.3, 0.4) is 0 Å². The molecule has 1 aromatic heterocycles. The van der Waals surface area contributed by atoms with Crippen LogP contribution in [0.2, 0.25) is 0 Å². The van der Waals surface area contributed by atoms with Gasteiger partial charge < -0.3 is 0 Å². The molecule has 4 rings (SSSR count). The highest BCUT2D eigenvalue weighted by Gasteiger charge is 2.16. The van der Waals surface area contributed by atoms with Crippen LogP contribution >= 0.6 is 0 Å². The van der Waals surface area contributed by atoms with Gasteiger partial charge in [-0.3, -0.25) is 0 Å². The first-order valence-corrected chi connectivity index (χ1v) is 11.3. The van der Waals surface area contributed by atoms with Gasteiger partial charge in [0.1, 0.15) is 5.69 Å². The SMILES string of the molecule is Cc1ccccc1Cc1nnc(-c2ccc(C)c(S(C)(=O)=O)c2)c2ccccc12. The van der Waals surface area contributed by atoms with E-state index < -0.39 is 9.84 Å². The highest BCUT2D eigenvalue weighted by Crippen LogP contribution is 2.31. The van der Waals surface area contributed by atoms with E-state index in [0.717, 1.165) is 27.6 Å². The molecule has 0 bridgehead atoms. The van der Waals surface area contributed by atoms with E-state index in [2.05, 4.69) is 29.3 Å². The van der Waals surface area contributed by atoms with Crippen molar-refractivity contribution in [3.05, 3.63) is 89.1 Å². The normalized spacial score (nSPS) is 11.7. The minimum absolute atomic E-state index is 0.324. The predicted octanol–water partition coefficient (Wildman–Crippen LogP) is 4.91. The number of hydrogen-bond donors (Lipinski definition) is 0. The average molecular weight is 403 g/mol. The molecule has 0 amide bonds. The maximum atomic E-state index is 12.2. The van der Waals surface area contributed by atoms with Crippen molar-refractivity contribution in [1.82, 2.24) is 10.2 Å². The summed E-state index contributed by atoms with van der Waals surface area (Å²) in [4.78, 5) is 0.324. The minimum atomic E-state index is -3.32. The van der Waals surface area contributed by atoms with Crippen molar-refractivity contribution in [2.24, 2.45) is 0 Å².